The fraction of sp³-hybridized carbons (Fsp3) is 0.588. The van der Waals surface area contributed by atoms with Gasteiger partial charge in [-0.05, 0) is 43.9 Å². The zero-order valence-corrected chi connectivity index (χ0v) is 12.9. The molecule has 1 aliphatic rings. The summed E-state index contributed by atoms with van der Waals surface area (Å²) in [7, 11) is 1.67. The number of carbonyl (C=O) groups excluding carboxylic acids is 1. The van der Waals surface area contributed by atoms with Crippen LogP contribution >= 0.6 is 0 Å². The molecule has 0 aliphatic carbocycles. The lowest BCUT2D eigenvalue weighted by atomic mass is 10.0. The van der Waals surface area contributed by atoms with E-state index in [1.165, 1.54) is 18.4 Å². The molecule has 0 saturated carbocycles. The third-order valence-corrected chi connectivity index (χ3v) is 4.08. The zero-order valence-electron chi connectivity index (χ0n) is 12.9. The van der Waals surface area contributed by atoms with E-state index in [1.54, 1.807) is 7.11 Å². The number of carbonyl (C=O) groups is 1. The van der Waals surface area contributed by atoms with E-state index in [1.807, 2.05) is 11.0 Å². The first-order chi connectivity index (χ1) is 9.61. The fourth-order valence-electron chi connectivity index (χ4n) is 2.95. The highest BCUT2D eigenvalue weighted by molar-refractivity contribution is 5.80. The average molecular weight is 275 g/mol. The Bertz CT molecular complexity index is 474. The number of amides is 1. The largest absolute Gasteiger partial charge is 0.496 e. The maximum atomic E-state index is 12.5. The van der Waals surface area contributed by atoms with Crippen LogP contribution in [-0.4, -0.2) is 31.0 Å². The smallest absolute Gasteiger partial charge is 0.227 e. The minimum Gasteiger partial charge on any atom is -0.496 e. The monoisotopic (exact) mass is 275 g/mol. The SMILES string of the molecule is COc1cc(C)cc(C)c1CC(=O)N1CCCCCC1. The molecule has 1 amide bonds. The van der Waals surface area contributed by atoms with E-state index in [-0.39, 0.29) is 5.91 Å². The number of nitrogens with zero attached hydrogens (tertiary/aromatic N) is 1. The molecule has 0 atom stereocenters. The van der Waals surface area contributed by atoms with Crippen LogP contribution in [0.25, 0.3) is 0 Å². The Labute approximate surface area is 121 Å². The first-order valence-electron chi connectivity index (χ1n) is 7.53. The lowest BCUT2D eigenvalue weighted by Crippen LogP contribution is -2.33. The Morgan fingerprint density at radius 3 is 2.40 bits per heavy atom. The van der Waals surface area contributed by atoms with Gasteiger partial charge in [0, 0.05) is 18.7 Å². The van der Waals surface area contributed by atoms with E-state index in [9.17, 15) is 4.79 Å². The van der Waals surface area contributed by atoms with E-state index in [0.29, 0.717) is 6.42 Å². The predicted octanol–water partition coefficient (Wildman–Crippen LogP) is 3.26. The van der Waals surface area contributed by atoms with E-state index in [2.05, 4.69) is 19.9 Å². The van der Waals surface area contributed by atoms with Gasteiger partial charge in [0.1, 0.15) is 5.75 Å². The van der Waals surface area contributed by atoms with Gasteiger partial charge in [0.15, 0.2) is 0 Å². The number of likely N-dealkylation sites (tertiary alicyclic amines) is 1. The second-order valence-electron chi connectivity index (χ2n) is 5.73. The second-order valence-corrected chi connectivity index (χ2v) is 5.73. The number of aryl methyl sites for hydroxylation is 2. The molecule has 0 spiro atoms. The number of benzene rings is 1. The van der Waals surface area contributed by atoms with Crippen molar-refractivity contribution in [1.82, 2.24) is 4.90 Å². The van der Waals surface area contributed by atoms with Gasteiger partial charge in [0.05, 0.1) is 13.5 Å². The van der Waals surface area contributed by atoms with Gasteiger partial charge in [-0.1, -0.05) is 18.9 Å². The molecule has 1 heterocycles. The Kier molecular flexibility index (Phi) is 5.05. The topological polar surface area (TPSA) is 29.5 Å². The van der Waals surface area contributed by atoms with E-state index in [4.69, 9.17) is 4.74 Å². The van der Waals surface area contributed by atoms with Crippen LogP contribution < -0.4 is 4.74 Å². The van der Waals surface area contributed by atoms with Crippen LogP contribution in [0.1, 0.15) is 42.4 Å². The summed E-state index contributed by atoms with van der Waals surface area (Å²) >= 11 is 0. The van der Waals surface area contributed by atoms with Gasteiger partial charge >= 0.3 is 0 Å². The Morgan fingerprint density at radius 2 is 1.80 bits per heavy atom. The Morgan fingerprint density at radius 1 is 1.15 bits per heavy atom. The third-order valence-electron chi connectivity index (χ3n) is 4.08. The van der Waals surface area contributed by atoms with E-state index >= 15 is 0 Å². The molecular weight excluding hydrogens is 250 g/mol. The fourth-order valence-corrected chi connectivity index (χ4v) is 2.95. The summed E-state index contributed by atoms with van der Waals surface area (Å²) in [5.41, 5.74) is 3.35. The molecule has 1 saturated heterocycles. The minimum atomic E-state index is 0.233. The normalized spacial score (nSPS) is 15.8. The molecule has 1 aromatic carbocycles. The molecule has 2 rings (SSSR count). The van der Waals surface area contributed by atoms with Crippen LogP contribution in [-0.2, 0) is 11.2 Å². The molecular formula is C17H25NO2. The third kappa shape index (κ3) is 3.53. The van der Waals surface area contributed by atoms with Gasteiger partial charge in [-0.15, -0.1) is 0 Å². The van der Waals surface area contributed by atoms with Gasteiger partial charge in [-0.2, -0.15) is 0 Å². The molecule has 0 aromatic heterocycles. The summed E-state index contributed by atoms with van der Waals surface area (Å²) in [6.45, 7) is 5.93. The van der Waals surface area contributed by atoms with Crippen molar-refractivity contribution in [3.63, 3.8) is 0 Å². The quantitative estimate of drug-likeness (QED) is 0.847. The number of ether oxygens (including phenoxy) is 1. The molecule has 0 N–H and O–H groups in total. The van der Waals surface area contributed by atoms with E-state index in [0.717, 1.165) is 42.8 Å². The zero-order chi connectivity index (χ0) is 14.5. The van der Waals surface area contributed by atoms with Crippen molar-refractivity contribution in [2.24, 2.45) is 0 Å². The number of rotatable bonds is 3. The standard InChI is InChI=1S/C17H25NO2/c1-13-10-14(2)15(16(11-13)20-3)12-17(19)18-8-6-4-5-7-9-18/h10-11H,4-9,12H2,1-3H3. The van der Waals surface area contributed by atoms with Crippen molar-refractivity contribution in [2.75, 3.05) is 20.2 Å². The highest BCUT2D eigenvalue weighted by atomic mass is 16.5. The predicted molar refractivity (Wildman–Crippen MR) is 81.2 cm³/mol. The summed E-state index contributed by atoms with van der Waals surface area (Å²) < 4.78 is 5.45. The molecule has 3 heteroatoms. The molecule has 20 heavy (non-hydrogen) atoms. The van der Waals surface area contributed by atoms with Crippen molar-refractivity contribution in [3.8, 4) is 5.75 Å². The van der Waals surface area contributed by atoms with Gasteiger partial charge in [-0.3, -0.25) is 4.79 Å². The summed E-state index contributed by atoms with van der Waals surface area (Å²) in [6, 6.07) is 4.13. The van der Waals surface area contributed by atoms with Gasteiger partial charge in [-0.25, -0.2) is 0 Å². The first-order valence-corrected chi connectivity index (χ1v) is 7.53. The van der Waals surface area contributed by atoms with Crippen molar-refractivity contribution in [2.45, 2.75) is 46.0 Å². The number of methoxy groups -OCH3 is 1. The van der Waals surface area contributed by atoms with Gasteiger partial charge in [0.25, 0.3) is 0 Å². The minimum absolute atomic E-state index is 0.233. The molecule has 1 aromatic rings. The summed E-state index contributed by atoms with van der Waals surface area (Å²) in [4.78, 5) is 14.5. The van der Waals surface area contributed by atoms with Gasteiger partial charge < -0.3 is 9.64 Å². The molecule has 0 radical (unpaired) electrons. The van der Waals surface area contributed by atoms with Crippen molar-refractivity contribution >= 4 is 5.91 Å². The molecule has 1 aliphatic heterocycles. The highest BCUT2D eigenvalue weighted by Gasteiger charge is 2.18. The second kappa shape index (κ2) is 6.78. The lowest BCUT2D eigenvalue weighted by Gasteiger charge is -2.21. The summed E-state index contributed by atoms with van der Waals surface area (Å²) in [6.07, 6.45) is 5.22. The molecule has 3 nitrogen and oxygen atoms in total. The summed E-state index contributed by atoms with van der Waals surface area (Å²) in [5, 5.41) is 0. The van der Waals surface area contributed by atoms with Crippen molar-refractivity contribution < 1.29 is 9.53 Å². The lowest BCUT2D eigenvalue weighted by molar-refractivity contribution is -0.130. The average Bonchev–Trinajstić information content (AvgIpc) is 2.70. The molecule has 0 unspecified atom stereocenters. The Balaban J connectivity index is 2.14. The van der Waals surface area contributed by atoms with E-state index < -0.39 is 0 Å². The highest BCUT2D eigenvalue weighted by Crippen LogP contribution is 2.25. The van der Waals surface area contributed by atoms with Crippen LogP contribution in [0.4, 0.5) is 0 Å². The molecule has 1 fully saturated rings. The van der Waals surface area contributed by atoms with Crippen LogP contribution in [0.3, 0.4) is 0 Å². The molecule has 110 valence electrons. The maximum Gasteiger partial charge on any atom is 0.227 e. The van der Waals surface area contributed by atoms with Crippen LogP contribution in [0.15, 0.2) is 12.1 Å². The van der Waals surface area contributed by atoms with Crippen LogP contribution in [0.5, 0.6) is 5.75 Å². The van der Waals surface area contributed by atoms with Crippen LogP contribution in [0, 0.1) is 13.8 Å². The van der Waals surface area contributed by atoms with Crippen molar-refractivity contribution in [3.05, 3.63) is 28.8 Å². The van der Waals surface area contributed by atoms with Crippen LogP contribution in [0.2, 0.25) is 0 Å². The van der Waals surface area contributed by atoms with Gasteiger partial charge in [0.2, 0.25) is 5.91 Å². The Hall–Kier alpha value is -1.51. The van der Waals surface area contributed by atoms with Crippen molar-refractivity contribution in [1.29, 1.82) is 0 Å². The maximum absolute atomic E-state index is 12.5. The molecule has 0 bridgehead atoms. The number of hydrogen-bond donors (Lipinski definition) is 0. The number of hydrogen-bond acceptors (Lipinski definition) is 2. The first kappa shape index (κ1) is 14.9. The summed E-state index contributed by atoms with van der Waals surface area (Å²) in [5.74, 6) is 1.07.